The number of nitrogens with one attached hydrogen (secondary N) is 1. The maximum Gasteiger partial charge on any atom is 0.263 e. The lowest BCUT2D eigenvalue weighted by Crippen LogP contribution is -2.43. The van der Waals surface area contributed by atoms with Crippen molar-refractivity contribution in [1.82, 2.24) is 20.4 Å². The number of rotatable bonds is 5. The van der Waals surface area contributed by atoms with Gasteiger partial charge in [0.05, 0.1) is 0 Å². The van der Waals surface area contributed by atoms with Gasteiger partial charge in [0.1, 0.15) is 23.2 Å². The summed E-state index contributed by atoms with van der Waals surface area (Å²) < 4.78 is 5.49. The average Bonchev–Trinajstić information content (AvgIpc) is 3.18. The van der Waals surface area contributed by atoms with Crippen molar-refractivity contribution in [2.45, 2.75) is 46.1 Å². The highest BCUT2D eigenvalue weighted by molar-refractivity contribution is 5.98. The minimum atomic E-state index is 0.0524. The first-order valence-corrected chi connectivity index (χ1v) is 10.3. The largest absolute Gasteiger partial charge is 0.356 e. The third kappa shape index (κ3) is 3.95. The van der Waals surface area contributed by atoms with Crippen LogP contribution < -0.4 is 10.2 Å². The molecule has 1 N–H and O–H groups in total. The van der Waals surface area contributed by atoms with Crippen LogP contribution in [0.3, 0.4) is 0 Å². The zero-order valence-electron chi connectivity index (χ0n) is 17.2. The van der Waals surface area contributed by atoms with Crippen LogP contribution in [0.5, 0.6) is 0 Å². The third-order valence-electron chi connectivity index (χ3n) is 5.74. The smallest absolute Gasteiger partial charge is 0.263 e. The molecule has 1 amide bonds. The van der Waals surface area contributed by atoms with Crippen LogP contribution in [0.4, 0.5) is 5.82 Å². The number of carbonyl (C=O) groups excluding carboxylic acids is 1. The van der Waals surface area contributed by atoms with E-state index in [1.165, 1.54) is 11.9 Å². The Labute approximate surface area is 170 Å². The highest BCUT2D eigenvalue weighted by atomic mass is 16.5. The molecule has 4 rings (SSSR count). The summed E-state index contributed by atoms with van der Waals surface area (Å²) in [5.41, 5.74) is 3.42. The molecule has 0 aliphatic carbocycles. The fourth-order valence-corrected chi connectivity index (χ4v) is 3.74. The van der Waals surface area contributed by atoms with E-state index < -0.39 is 0 Å². The number of amides is 1. The second kappa shape index (κ2) is 8.19. The van der Waals surface area contributed by atoms with E-state index in [2.05, 4.69) is 51.3 Å². The molecule has 1 saturated heterocycles. The molecule has 0 spiro atoms. The lowest BCUT2D eigenvalue weighted by Gasteiger charge is -2.32. The van der Waals surface area contributed by atoms with E-state index in [0.717, 1.165) is 54.8 Å². The summed E-state index contributed by atoms with van der Waals surface area (Å²) in [6.45, 7) is 7.72. The van der Waals surface area contributed by atoms with E-state index >= 15 is 0 Å². The van der Waals surface area contributed by atoms with E-state index in [9.17, 15) is 4.79 Å². The maximum atomic E-state index is 12.5. The number of hydrogen-bond acceptors (Lipinski definition) is 6. The van der Waals surface area contributed by atoms with Gasteiger partial charge in [0.2, 0.25) is 5.91 Å². The fourth-order valence-electron chi connectivity index (χ4n) is 3.74. The van der Waals surface area contributed by atoms with E-state index in [-0.39, 0.29) is 17.9 Å². The topological polar surface area (TPSA) is 84.2 Å². The molecular formula is C22H27N5O2. The van der Waals surface area contributed by atoms with Gasteiger partial charge in [0.25, 0.3) is 5.71 Å². The van der Waals surface area contributed by atoms with E-state index in [1.807, 2.05) is 19.1 Å². The van der Waals surface area contributed by atoms with Gasteiger partial charge in [-0.15, -0.1) is 0 Å². The average molecular weight is 393 g/mol. The summed E-state index contributed by atoms with van der Waals surface area (Å²) in [5.74, 6) is 1.04. The zero-order chi connectivity index (χ0) is 20.4. The summed E-state index contributed by atoms with van der Waals surface area (Å²) in [7, 11) is 0. The summed E-state index contributed by atoms with van der Waals surface area (Å²) in [6, 6.07) is 8.40. The van der Waals surface area contributed by atoms with Crippen molar-refractivity contribution in [1.29, 1.82) is 0 Å². The SMILES string of the molecule is CC[C@H](C)NC(=O)C1CCN(c2ncnc3onc(-c4ccc(C)cc4)c23)CC1. The first kappa shape index (κ1) is 19.4. The van der Waals surface area contributed by atoms with E-state index in [4.69, 9.17) is 4.52 Å². The lowest BCUT2D eigenvalue weighted by atomic mass is 9.95. The molecule has 3 aromatic rings. The normalized spacial score (nSPS) is 16.2. The number of aryl methyl sites for hydroxylation is 1. The van der Waals surface area contributed by atoms with Gasteiger partial charge in [-0.1, -0.05) is 41.9 Å². The van der Waals surface area contributed by atoms with Crippen molar-refractivity contribution >= 4 is 22.8 Å². The second-order valence-electron chi connectivity index (χ2n) is 7.85. The predicted molar refractivity (Wildman–Crippen MR) is 113 cm³/mol. The van der Waals surface area contributed by atoms with Gasteiger partial charge in [-0.05, 0) is 33.1 Å². The molecule has 29 heavy (non-hydrogen) atoms. The van der Waals surface area contributed by atoms with E-state index in [0.29, 0.717) is 5.71 Å². The van der Waals surface area contributed by atoms with Crippen LogP contribution in [0.15, 0.2) is 35.1 Å². The molecule has 1 aliphatic heterocycles. The Bertz CT molecular complexity index is 990. The summed E-state index contributed by atoms with van der Waals surface area (Å²) in [4.78, 5) is 23.5. The second-order valence-corrected chi connectivity index (χ2v) is 7.85. The van der Waals surface area contributed by atoms with Crippen LogP contribution in [0, 0.1) is 12.8 Å². The first-order chi connectivity index (χ1) is 14.1. The number of fused-ring (bicyclic) bond motifs is 1. The molecule has 0 radical (unpaired) electrons. The quantitative estimate of drug-likeness (QED) is 0.711. The fraction of sp³-hybridized carbons (Fsp3) is 0.455. The van der Waals surface area contributed by atoms with Gasteiger partial charge in [0.15, 0.2) is 0 Å². The number of aromatic nitrogens is 3. The van der Waals surface area contributed by atoms with Gasteiger partial charge in [-0.2, -0.15) is 4.98 Å². The van der Waals surface area contributed by atoms with Crippen LogP contribution in [0.25, 0.3) is 22.4 Å². The molecule has 0 saturated carbocycles. The molecule has 1 atom stereocenters. The molecular weight excluding hydrogens is 366 g/mol. The molecule has 2 aromatic heterocycles. The van der Waals surface area contributed by atoms with Crippen molar-refractivity contribution in [2.75, 3.05) is 18.0 Å². The Morgan fingerprint density at radius 2 is 1.97 bits per heavy atom. The van der Waals surface area contributed by atoms with Gasteiger partial charge in [-0.3, -0.25) is 4.79 Å². The number of nitrogens with zero attached hydrogens (tertiary/aromatic N) is 4. The third-order valence-corrected chi connectivity index (χ3v) is 5.74. The first-order valence-electron chi connectivity index (χ1n) is 10.3. The number of anilines is 1. The van der Waals surface area contributed by atoms with Gasteiger partial charge in [-0.25, -0.2) is 4.98 Å². The lowest BCUT2D eigenvalue weighted by molar-refractivity contribution is -0.126. The van der Waals surface area contributed by atoms with E-state index in [1.54, 1.807) is 0 Å². The van der Waals surface area contributed by atoms with Crippen molar-refractivity contribution in [3.8, 4) is 11.3 Å². The number of piperidine rings is 1. The van der Waals surface area contributed by atoms with Gasteiger partial charge in [0, 0.05) is 30.6 Å². The van der Waals surface area contributed by atoms with Crippen molar-refractivity contribution in [3.63, 3.8) is 0 Å². The highest BCUT2D eigenvalue weighted by Gasteiger charge is 2.28. The molecule has 7 nitrogen and oxygen atoms in total. The Morgan fingerprint density at radius 3 is 2.66 bits per heavy atom. The maximum absolute atomic E-state index is 12.5. The Balaban J connectivity index is 1.57. The van der Waals surface area contributed by atoms with Crippen molar-refractivity contribution < 1.29 is 9.32 Å². The molecule has 0 unspecified atom stereocenters. The molecule has 0 bridgehead atoms. The minimum Gasteiger partial charge on any atom is -0.356 e. The Kier molecular flexibility index (Phi) is 5.47. The van der Waals surface area contributed by atoms with Crippen LogP contribution >= 0.6 is 0 Å². The molecule has 3 heterocycles. The van der Waals surface area contributed by atoms with Crippen molar-refractivity contribution in [3.05, 3.63) is 36.2 Å². The predicted octanol–water partition coefficient (Wildman–Crippen LogP) is 3.72. The zero-order valence-corrected chi connectivity index (χ0v) is 17.2. The number of carbonyl (C=O) groups is 1. The molecule has 1 aromatic carbocycles. The van der Waals surface area contributed by atoms with Crippen LogP contribution in [0.1, 0.15) is 38.7 Å². The highest BCUT2D eigenvalue weighted by Crippen LogP contribution is 2.34. The summed E-state index contributed by atoms with van der Waals surface area (Å²) in [6.07, 6.45) is 4.07. The molecule has 1 aliphatic rings. The standard InChI is InChI=1S/C22H27N5O2/c1-4-15(3)25-21(28)17-9-11-27(12-10-17)20-18-19(16-7-5-14(2)6-8-16)26-29-22(18)24-13-23-20/h5-8,13,15,17H,4,9-12H2,1-3H3,(H,25,28)/t15-/m0/s1. The minimum absolute atomic E-state index is 0.0524. The van der Waals surface area contributed by atoms with Gasteiger partial charge >= 0.3 is 0 Å². The Hall–Kier alpha value is -2.96. The van der Waals surface area contributed by atoms with Crippen LogP contribution in [-0.2, 0) is 4.79 Å². The van der Waals surface area contributed by atoms with Crippen LogP contribution in [0.2, 0.25) is 0 Å². The summed E-state index contributed by atoms with van der Waals surface area (Å²) >= 11 is 0. The monoisotopic (exact) mass is 393 g/mol. The molecule has 7 heteroatoms. The molecule has 152 valence electrons. The molecule has 1 fully saturated rings. The number of benzene rings is 1. The van der Waals surface area contributed by atoms with Gasteiger partial charge < -0.3 is 14.7 Å². The Morgan fingerprint density at radius 1 is 1.24 bits per heavy atom. The van der Waals surface area contributed by atoms with Crippen molar-refractivity contribution in [2.24, 2.45) is 5.92 Å². The summed E-state index contributed by atoms with van der Waals surface area (Å²) in [5, 5.41) is 8.21. The van der Waals surface area contributed by atoms with Crippen LogP contribution in [-0.4, -0.2) is 40.2 Å². The number of hydrogen-bond donors (Lipinski definition) is 1.